The van der Waals surface area contributed by atoms with Crippen LogP contribution in [0.25, 0.3) is 5.57 Å². The number of allylic oxidation sites excluding steroid dienone is 5. The van der Waals surface area contributed by atoms with E-state index in [2.05, 4.69) is 148 Å². The van der Waals surface area contributed by atoms with E-state index in [0.717, 1.165) is 98.6 Å². The van der Waals surface area contributed by atoms with E-state index in [9.17, 15) is 0 Å². The van der Waals surface area contributed by atoms with Gasteiger partial charge in [-0.25, -0.2) is 4.99 Å². The van der Waals surface area contributed by atoms with E-state index in [-0.39, 0.29) is 0 Å². The largest absolute Gasteiger partial charge is 0.397 e. The van der Waals surface area contributed by atoms with Gasteiger partial charge >= 0.3 is 0 Å². The molecule has 2 aliphatic rings. The molecule has 2 saturated heterocycles. The van der Waals surface area contributed by atoms with E-state index < -0.39 is 0 Å². The normalized spacial score (nSPS) is 15.7. The van der Waals surface area contributed by atoms with E-state index in [4.69, 9.17) is 10.7 Å². The monoisotopic (exact) mass is 829 g/mol. The quantitative estimate of drug-likeness (QED) is 0.158. The standard InChI is InChI=1S/C47H62N6.3C2H6.C2H4/c1-10-14-38(12-3)44(15-11-2)43-21-18-41(28-32(43)5)40-23-25-52(26-24-40)33(6)29-37-16-19-42(20-17-37)50-36(9)51-45-31-53(27-22-39(45)13-4)46-30-49-35(8)47(48)34(46)7;4*1-2/h12-13,15-21,28,30,38,40,50H,3,6,9-11,14,22-27,29,31,48H2,1-2,4-5,7-8H3;3*1-2H3;1-2H2/b39-13-,44-15-,51-45-;;;;. The number of aliphatic imine (C=N–C) groups is 1. The Hall–Kier alpha value is -5.10. The number of benzene rings is 2. The Balaban J connectivity index is 0.00000219. The van der Waals surface area contributed by atoms with Crippen LogP contribution in [0.4, 0.5) is 17.1 Å². The third kappa shape index (κ3) is 15.4. The number of nitrogen functional groups attached to an aromatic ring is 1. The highest BCUT2D eigenvalue weighted by Gasteiger charge is 2.24. The number of aryl methyl sites for hydroxylation is 2. The highest BCUT2D eigenvalue weighted by atomic mass is 15.2. The van der Waals surface area contributed by atoms with Gasteiger partial charge in [0.2, 0.25) is 0 Å². The second-order valence-corrected chi connectivity index (χ2v) is 14.9. The van der Waals surface area contributed by atoms with Crippen LogP contribution in [0.15, 0.2) is 122 Å². The zero-order chi connectivity index (χ0) is 46.1. The molecule has 61 heavy (non-hydrogen) atoms. The van der Waals surface area contributed by atoms with Crippen LogP contribution in [0.5, 0.6) is 0 Å². The zero-order valence-electron chi connectivity index (χ0n) is 40.7. The SMILES string of the molecule is C=C.C=CC(CCC)/C(=C/CC)c1ccc(C2CCN(C(=C)Cc3ccc(NC(=C)/N=C4/CN(c5cnc(C)c(N)c5C)CC/C4=C/C)cc3)CC2)cc1C.CC.CC.CC. The van der Waals surface area contributed by atoms with Gasteiger partial charge < -0.3 is 20.9 Å². The van der Waals surface area contributed by atoms with Crippen LogP contribution in [0, 0.1) is 26.7 Å². The summed E-state index contributed by atoms with van der Waals surface area (Å²) < 4.78 is 0. The second-order valence-electron chi connectivity index (χ2n) is 14.9. The molecule has 2 aromatic carbocycles. The van der Waals surface area contributed by atoms with Crippen LogP contribution in [0.1, 0.15) is 140 Å². The lowest BCUT2D eigenvalue weighted by molar-refractivity contribution is 0.259. The average Bonchev–Trinajstić information content (AvgIpc) is 3.30. The molecule has 1 aromatic heterocycles. The molecule has 0 aliphatic carbocycles. The maximum atomic E-state index is 6.32. The smallest absolute Gasteiger partial charge is 0.123 e. The molecule has 0 saturated carbocycles. The highest BCUT2D eigenvalue weighted by molar-refractivity contribution is 6.05. The molecule has 3 N–H and O–H groups in total. The van der Waals surface area contributed by atoms with E-state index in [0.29, 0.717) is 24.2 Å². The third-order valence-corrected chi connectivity index (χ3v) is 11.2. The number of likely N-dealkylation sites (tertiary alicyclic amines) is 1. The molecule has 6 nitrogen and oxygen atoms in total. The van der Waals surface area contributed by atoms with Crippen molar-refractivity contribution in [3.05, 3.63) is 150 Å². The molecule has 1 atom stereocenters. The maximum Gasteiger partial charge on any atom is 0.123 e. The Kier molecular flexibility index (Phi) is 25.8. The molecular formula is C55H84N6. The maximum absolute atomic E-state index is 6.32. The van der Waals surface area contributed by atoms with Gasteiger partial charge in [0.05, 0.1) is 35.5 Å². The van der Waals surface area contributed by atoms with Crippen LogP contribution in [-0.2, 0) is 6.42 Å². The van der Waals surface area contributed by atoms with Gasteiger partial charge in [-0.15, -0.1) is 19.7 Å². The van der Waals surface area contributed by atoms with Crippen molar-refractivity contribution in [3.63, 3.8) is 0 Å². The number of nitrogens with two attached hydrogens (primary N) is 1. The van der Waals surface area contributed by atoms with E-state index >= 15 is 0 Å². The fourth-order valence-electron chi connectivity index (χ4n) is 8.03. The Morgan fingerprint density at radius 1 is 0.951 bits per heavy atom. The summed E-state index contributed by atoms with van der Waals surface area (Å²) in [6.45, 7) is 47.4. The van der Waals surface area contributed by atoms with Gasteiger partial charge in [-0.3, -0.25) is 4.98 Å². The Bertz CT molecular complexity index is 1890. The number of hydrogen-bond donors (Lipinski definition) is 2. The van der Waals surface area contributed by atoms with Crippen LogP contribution < -0.4 is 16.0 Å². The number of nitrogens with zero attached hydrogens (tertiary/aromatic N) is 4. The first-order valence-corrected chi connectivity index (χ1v) is 23.2. The van der Waals surface area contributed by atoms with Crippen LogP contribution >= 0.6 is 0 Å². The molecule has 334 valence electrons. The van der Waals surface area contributed by atoms with Crippen molar-refractivity contribution in [2.24, 2.45) is 10.9 Å². The number of pyridine rings is 1. The molecular weight excluding hydrogens is 745 g/mol. The number of anilines is 3. The molecule has 2 fully saturated rings. The zero-order valence-corrected chi connectivity index (χ0v) is 40.7. The fourth-order valence-corrected chi connectivity index (χ4v) is 8.03. The molecule has 0 bridgehead atoms. The molecule has 0 radical (unpaired) electrons. The fraction of sp³-hybridized carbons (Fsp3) is 0.455. The number of hydrogen-bond acceptors (Lipinski definition) is 6. The van der Waals surface area contributed by atoms with Crippen molar-refractivity contribution in [1.82, 2.24) is 9.88 Å². The first kappa shape index (κ1) is 53.9. The Labute approximate surface area is 374 Å². The third-order valence-electron chi connectivity index (χ3n) is 11.2. The van der Waals surface area contributed by atoms with Crippen LogP contribution in [0.3, 0.4) is 0 Å². The molecule has 1 unspecified atom stereocenters. The summed E-state index contributed by atoms with van der Waals surface area (Å²) in [5.74, 6) is 1.63. The molecule has 0 spiro atoms. The summed E-state index contributed by atoms with van der Waals surface area (Å²) in [5.41, 5.74) is 21.4. The van der Waals surface area contributed by atoms with E-state index in [1.165, 1.54) is 39.1 Å². The lowest BCUT2D eigenvalue weighted by Crippen LogP contribution is -2.38. The lowest BCUT2D eigenvalue weighted by atomic mass is 9.83. The predicted octanol–water partition coefficient (Wildman–Crippen LogP) is 15.0. The summed E-state index contributed by atoms with van der Waals surface area (Å²) in [6.07, 6.45) is 16.0. The number of aromatic nitrogens is 1. The lowest BCUT2D eigenvalue weighted by Gasteiger charge is -2.35. The van der Waals surface area contributed by atoms with E-state index in [1.54, 1.807) is 0 Å². The van der Waals surface area contributed by atoms with Crippen LogP contribution in [0.2, 0.25) is 0 Å². The summed E-state index contributed by atoms with van der Waals surface area (Å²) in [4.78, 5) is 14.3. The Morgan fingerprint density at radius 3 is 2.15 bits per heavy atom. The Morgan fingerprint density at radius 2 is 1.59 bits per heavy atom. The predicted molar refractivity (Wildman–Crippen MR) is 275 cm³/mol. The molecule has 2 aliphatic heterocycles. The van der Waals surface area contributed by atoms with Gasteiger partial charge in [-0.1, -0.05) is 124 Å². The van der Waals surface area contributed by atoms with Crippen molar-refractivity contribution in [2.45, 2.75) is 134 Å². The molecule has 6 heteroatoms. The highest BCUT2D eigenvalue weighted by Crippen LogP contribution is 2.36. The van der Waals surface area contributed by atoms with Crippen molar-refractivity contribution in [1.29, 1.82) is 0 Å². The number of piperidine rings is 2. The molecule has 3 aromatic rings. The summed E-state index contributed by atoms with van der Waals surface area (Å²) in [6, 6.07) is 15.8. The van der Waals surface area contributed by atoms with E-state index in [1.807, 2.05) is 54.7 Å². The first-order chi connectivity index (χ1) is 29.6. The summed E-state index contributed by atoms with van der Waals surface area (Å²) in [5, 5.41) is 3.41. The minimum atomic E-state index is 0.416. The number of rotatable bonds is 14. The van der Waals surface area contributed by atoms with Gasteiger partial charge in [0.25, 0.3) is 0 Å². The second kappa shape index (κ2) is 29.2. The minimum Gasteiger partial charge on any atom is -0.397 e. The van der Waals surface area contributed by atoms with Crippen molar-refractivity contribution >= 4 is 28.3 Å². The molecule has 3 heterocycles. The number of nitrogens with one attached hydrogen (secondary N) is 1. The molecule has 5 rings (SSSR count). The van der Waals surface area contributed by atoms with Gasteiger partial charge in [0.15, 0.2) is 0 Å². The average molecular weight is 829 g/mol. The van der Waals surface area contributed by atoms with Crippen molar-refractivity contribution in [2.75, 3.05) is 42.1 Å². The molecule has 0 amide bonds. The van der Waals surface area contributed by atoms with Crippen LogP contribution in [-0.4, -0.2) is 41.8 Å². The summed E-state index contributed by atoms with van der Waals surface area (Å²) in [7, 11) is 0. The van der Waals surface area contributed by atoms with Crippen molar-refractivity contribution < 1.29 is 0 Å². The topological polar surface area (TPSA) is 69.8 Å². The van der Waals surface area contributed by atoms with Crippen molar-refractivity contribution in [3.8, 4) is 0 Å². The van der Waals surface area contributed by atoms with Gasteiger partial charge in [0, 0.05) is 43.4 Å². The first-order valence-electron chi connectivity index (χ1n) is 23.2. The minimum absolute atomic E-state index is 0.416. The van der Waals surface area contributed by atoms with Gasteiger partial charge in [-0.05, 0) is 117 Å². The van der Waals surface area contributed by atoms with Gasteiger partial charge in [-0.2, -0.15) is 0 Å². The summed E-state index contributed by atoms with van der Waals surface area (Å²) >= 11 is 0. The van der Waals surface area contributed by atoms with Gasteiger partial charge in [0.1, 0.15) is 5.82 Å².